The van der Waals surface area contributed by atoms with Crippen molar-refractivity contribution in [3.8, 4) is 0 Å². The zero-order chi connectivity index (χ0) is 9.68. The standard InChI is InChI=1S/C9H16N2OS/c1-3-11-8(5-6-10-11)9(12)7-13-4-2/h5-6,9,12H,3-4,7H2,1-2H3. The second kappa shape index (κ2) is 5.29. The Morgan fingerprint density at radius 3 is 3.00 bits per heavy atom. The van der Waals surface area contributed by atoms with E-state index in [4.69, 9.17) is 0 Å². The molecule has 4 heteroatoms. The zero-order valence-electron chi connectivity index (χ0n) is 8.10. The monoisotopic (exact) mass is 200 g/mol. The maximum Gasteiger partial charge on any atom is 0.105 e. The molecule has 0 spiro atoms. The van der Waals surface area contributed by atoms with Gasteiger partial charge in [0.2, 0.25) is 0 Å². The maximum atomic E-state index is 9.77. The lowest BCUT2D eigenvalue weighted by Gasteiger charge is -2.11. The molecule has 0 aliphatic carbocycles. The van der Waals surface area contributed by atoms with E-state index in [-0.39, 0.29) is 6.10 Å². The van der Waals surface area contributed by atoms with Crippen LogP contribution in [0.4, 0.5) is 0 Å². The van der Waals surface area contributed by atoms with Crippen LogP contribution >= 0.6 is 11.8 Å². The summed E-state index contributed by atoms with van der Waals surface area (Å²) in [6.07, 6.45) is 1.35. The minimum atomic E-state index is -0.382. The summed E-state index contributed by atoms with van der Waals surface area (Å²) < 4.78 is 1.83. The van der Waals surface area contributed by atoms with Crippen molar-refractivity contribution in [1.29, 1.82) is 0 Å². The quantitative estimate of drug-likeness (QED) is 0.786. The van der Waals surface area contributed by atoms with Crippen molar-refractivity contribution in [2.45, 2.75) is 26.5 Å². The van der Waals surface area contributed by atoms with E-state index in [1.165, 1.54) is 0 Å². The summed E-state index contributed by atoms with van der Waals surface area (Å²) in [6, 6.07) is 1.88. The second-order valence-electron chi connectivity index (χ2n) is 2.75. The zero-order valence-corrected chi connectivity index (χ0v) is 8.92. The first-order chi connectivity index (χ1) is 6.29. The van der Waals surface area contributed by atoms with E-state index in [2.05, 4.69) is 12.0 Å². The fourth-order valence-electron chi connectivity index (χ4n) is 1.21. The third kappa shape index (κ3) is 2.74. The van der Waals surface area contributed by atoms with Gasteiger partial charge in [-0.15, -0.1) is 0 Å². The van der Waals surface area contributed by atoms with Gasteiger partial charge in [0.05, 0.1) is 5.69 Å². The summed E-state index contributed by atoms with van der Waals surface area (Å²) in [5.74, 6) is 1.79. The molecule has 1 aromatic heterocycles. The molecule has 1 N–H and O–H groups in total. The van der Waals surface area contributed by atoms with E-state index in [0.29, 0.717) is 0 Å². The molecule has 0 fully saturated rings. The van der Waals surface area contributed by atoms with Gasteiger partial charge in [-0.1, -0.05) is 6.92 Å². The molecule has 74 valence electrons. The molecule has 1 heterocycles. The molecule has 0 aliphatic heterocycles. The third-order valence-corrected chi connectivity index (χ3v) is 2.83. The molecular formula is C9H16N2OS. The van der Waals surface area contributed by atoms with E-state index in [1.807, 2.05) is 17.7 Å². The Morgan fingerprint density at radius 1 is 1.62 bits per heavy atom. The molecular weight excluding hydrogens is 184 g/mol. The molecule has 0 aromatic carbocycles. The number of aliphatic hydroxyl groups is 1. The molecule has 0 radical (unpaired) electrons. The lowest BCUT2D eigenvalue weighted by atomic mass is 10.3. The summed E-state index contributed by atoms with van der Waals surface area (Å²) in [5, 5.41) is 13.9. The van der Waals surface area contributed by atoms with Crippen molar-refractivity contribution < 1.29 is 5.11 Å². The first kappa shape index (κ1) is 10.6. The molecule has 13 heavy (non-hydrogen) atoms. The van der Waals surface area contributed by atoms with Crippen LogP contribution in [0.1, 0.15) is 25.6 Å². The number of thioether (sulfide) groups is 1. The molecule has 3 nitrogen and oxygen atoms in total. The van der Waals surface area contributed by atoms with Gasteiger partial charge in [0, 0.05) is 18.5 Å². The number of aryl methyl sites for hydroxylation is 1. The predicted octanol–water partition coefficient (Wildman–Crippen LogP) is 1.69. The van der Waals surface area contributed by atoms with Crippen LogP contribution in [0, 0.1) is 0 Å². The van der Waals surface area contributed by atoms with Gasteiger partial charge in [-0.3, -0.25) is 4.68 Å². The van der Waals surface area contributed by atoms with Crippen molar-refractivity contribution in [3.05, 3.63) is 18.0 Å². The highest BCUT2D eigenvalue weighted by Crippen LogP contribution is 2.17. The van der Waals surface area contributed by atoms with E-state index < -0.39 is 0 Å². The third-order valence-electron chi connectivity index (χ3n) is 1.87. The van der Waals surface area contributed by atoms with Gasteiger partial charge >= 0.3 is 0 Å². The Bertz CT molecular complexity index is 250. The Morgan fingerprint density at radius 2 is 2.38 bits per heavy atom. The molecule has 0 aliphatic rings. The van der Waals surface area contributed by atoms with Crippen LogP contribution in [0.5, 0.6) is 0 Å². The summed E-state index contributed by atoms with van der Waals surface area (Å²) in [7, 11) is 0. The van der Waals surface area contributed by atoms with Crippen LogP contribution in [-0.4, -0.2) is 26.4 Å². The molecule has 1 aromatic rings. The van der Waals surface area contributed by atoms with Gasteiger partial charge in [-0.05, 0) is 18.7 Å². The molecule has 1 rings (SSSR count). The predicted molar refractivity (Wildman–Crippen MR) is 55.9 cm³/mol. The largest absolute Gasteiger partial charge is 0.386 e. The number of hydrogen-bond acceptors (Lipinski definition) is 3. The van der Waals surface area contributed by atoms with Crippen LogP contribution in [0.15, 0.2) is 12.3 Å². The summed E-state index contributed by atoms with van der Waals surface area (Å²) >= 11 is 1.74. The number of aliphatic hydroxyl groups excluding tert-OH is 1. The van der Waals surface area contributed by atoms with Gasteiger partial charge in [0.15, 0.2) is 0 Å². The highest BCUT2D eigenvalue weighted by Gasteiger charge is 2.11. The van der Waals surface area contributed by atoms with Crippen molar-refractivity contribution in [2.75, 3.05) is 11.5 Å². The van der Waals surface area contributed by atoms with Gasteiger partial charge in [-0.2, -0.15) is 16.9 Å². The first-order valence-corrected chi connectivity index (χ1v) is 5.72. The van der Waals surface area contributed by atoms with Crippen LogP contribution < -0.4 is 0 Å². The van der Waals surface area contributed by atoms with Gasteiger partial charge in [-0.25, -0.2) is 0 Å². The van der Waals surface area contributed by atoms with Crippen molar-refractivity contribution in [3.63, 3.8) is 0 Å². The number of nitrogens with zero attached hydrogens (tertiary/aromatic N) is 2. The number of rotatable bonds is 5. The fraction of sp³-hybridized carbons (Fsp3) is 0.667. The molecule has 0 amide bonds. The lowest BCUT2D eigenvalue weighted by molar-refractivity contribution is 0.192. The van der Waals surface area contributed by atoms with Crippen LogP contribution in [-0.2, 0) is 6.54 Å². The summed E-state index contributed by atoms with van der Waals surface area (Å²) in [5.41, 5.74) is 0.920. The molecule has 0 saturated heterocycles. The molecule has 0 bridgehead atoms. The minimum Gasteiger partial charge on any atom is -0.386 e. The molecule has 1 unspecified atom stereocenters. The Labute approximate surface area is 83.1 Å². The summed E-state index contributed by atoms with van der Waals surface area (Å²) in [6.45, 7) is 4.93. The summed E-state index contributed by atoms with van der Waals surface area (Å²) in [4.78, 5) is 0. The highest BCUT2D eigenvalue weighted by atomic mass is 32.2. The van der Waals surface area contributed by atoms with Gasteiger partial charge < -0.3 is 5.11 Å². The minimum absolute atomic E-state index is 0.382. The van der Waals surface area contributed by atoms with Crippen molar-refractivity contribution in [1.82, 2.24) is 9.78 Å². The first-order valence-electron chi connectivity index (χ1n) is 4.57. The van der Waals surface area contributed by atoms with Gasteiger partial charge in [0.1, 0.15) is 6.10 Å². The van der Waals surface area contributed by atoms with Crippen LogP contribution in [0.25, 0.3) is 0 Å². The van der Waals surface area contributed by atoms with Crippen molar-refractivity contribution in [2.24, 2.45) is 0 Å². The van der Waals surface area contributed by atoms with E-state index in [0.717, 1.165) is 23.7 Å². The van der Waals surface area contributed by atoms with Crippen LogP contribution in [0.3, 0.4) is 0 Å². The second-order valence-corrected chi connectivity index (χ2v) is 4.07. The lowest BCUT2D eigenvalue weighted by Crippen LogP contribution is -2.09. The Kier molecular flexibility index (Phi) is 4.32. The Hall–Kier alpha value is -0.480. The average molecular weight is 200 g/mol. The maximum absolute atomic E-state index is 9.77. The van der Waals surface area contributed by atoms with Gasteiger partial charge in [0.25, 0.3) is 0 Å². The normalized spacial score (nSPS) is 13.2. The molecule has 1 atom stereocenters. The number of hydrogen-bond donors (Lipinski definition) is 1. The van der Waals surface area contributed by atoms with Crippen LogP contribution in [0.2, 0.25) is 0 Å². The van der Waals surface area contributed by atoms with E-state index in [1.54, 1.807) is 18.0 Å². The smallest absolute Gasteiger partial charge is 0.105 e. The fourth-order valence-corrected chi connectivity index (χ4v) is 1.83. The topological polar surface area (TPSA) is 38.1 Å². The average Bonchev–Trinajstić information content (AvgIpc) is 2.61. The molecule has 0 saturated carbocycles. The van der Waals surface area contributed by atoms with Crippen molar-refractivity contribution >= 4 is 11.8 Å². The van der Waals surface area contributed by atoms with E-state index in [9.17, 15) is 5.11 Å². The van der Waals surface area contributed by atoms with E-state index >= 15 is 0 Å². The Balaban J connectivity index is 2.59. The number of aromatic nitrogens is 2. The SMILES string of the molecule is CCSCC(O)c1ccnn1CC. The highest BCUT2D eigenvalue weighted by molar-refractivity contribution is 7.99.